The second-order valence-corrected chi connectivity index (χ2v) is 10.4. The van der Waals surface area contributed by atoms with Gasteiger partial charge in [0, 0.05) is 34.3 Å². The number of alkyl halides is 1. The second kappa shape index (κ2) is 11.3. The Morgan fingerprint density at radius 2 is 1.90 bits per heavy atom. The summed E-state index contributed by atoms with van der Waals surface area (Å²) in [7, 11) is 0. The zero-order chi connectivity index (χ0) is 27.4. The highest BCUT2D eigenvalue weighted by Crippen LogP contribution is 2.30. The van der Waals surface area contributed by atoms with Gasteiger partial charge in [0.05, 0.1) is 18.3 Å². The fourth-order valence-corrected chi connectivity index (χ4v) is 4.99. The van der Waals surface area contributed by atoms with Crippen LogP contribution in [0.25, 0.3) is 22.9 Å². The fourth-order valence-electron chi connectivity index (χ4n) is 4.21. The molecule has 11 heteroatoms. The van der Waals surface area contributed by atoms with Crippen molar-refractivity contribution in [2.24, 2.45) is 5.73 Å². The number of benzene rings is 2. The maximum Gasteiger partial charge on any atom is 0.254 e. The lowest BCUT2D eigenvalue weighted by molar-refractivity contribution is 0.0731. The van der Waals surface area contributed by atoms with E-state index in [0.717, 1.165) is 16.3 Å². The number of oxazole rings is 1. The Hall–Kier alpha value is -4.22. The van der Waals surface area contributed by atoms with E-state index in [1.54, 1.807) is 18.2 Å². The Balaban J connectivity index is 1.49. The largest absolute Gasteiger partial charge is 0.445 e. The number of aryl methyl sites for hydroxylation is 1. The topological polar surface area (TPSA) is 124 Å². The third kappa shape index (κ3) is 6.10. The van der Waals surface area contributed by atoms with Crippen molar-refractivity contribution in [2.75, 3.05) is 13.2 Å². The highest BCUT2D eigenvalue weighted by Gasteiger charge is 2.29. The highest BCUT2D eigenvalue weighted by molar-refractivity contribution is 7.09. The van der Waals surface area contributed by atoms with E-state index in [-0.39, 0.29) is 30.8 Å². The first-order valence-electron chi connectivity index (χ1n) is 12.3. The molecule has 0 aliphatic carbocycles. The van der Waals surface area contributed by atoms with Crippen molar-refractivity contribution in [3.63, 3.8) is 0 Å². The summed E-state index contributed by atoms with van der Waals surface area (Å²) in [5, 5.41) is 11.1. The average molecular weight is 547 g/mol. The number of rotatable bonds is 10. The minimum Gasteiger partial charge on any atom is -0.445 e. The quantitative estimate of drug-likeness (QED) is 0.254. The first kappa shape index (κ1) is 26.4. The van der Waals surface area contributed by atoms with Crippen LogP contribution in [0, 0.1) is 6.92 Å². The van der Waals surface area contributed by atoms with Gasteiger partial charge in [0.2, 0.25) is 17.7 Å². The molecule has 0 unspecified atom stereocenters. The lowest BCUT2D eigenvalue weighted by Gasteiger charge is -2.21. The molecule has 0 fully saturated rings. The summed E-state index contributed by atoms with van der Waals surface area (Å²) in [4.78, 5) is 23.7. The van der Waals surface area contributed by atoms with Gasteiger partial charge in [-0.05, 0) is 44.0 Å². The van der Waals surface area contributed by atoms with E-state index in [0.29, 0.717) is 29.0 Å². The third-order valence-corrected chi connectivity index (χ3v) is 7.02. The number of aromatic nitrogens is 4. The predicted molar refractivity (Wildman–Crippen MR) is 144 cm³/mol. The van der Waals surface area contributed by atoms with Crippen molar-refractivity contribution in [1.29, 1.82) is 0 Å². The first-order chi connectivity index (χ1) is 18.8. The van der Waals surface area contributed by atoms with Crippen LogP contribution in [0.1, 0.15) is 39.4 Å². The van der Waals surface area contributed by atoms with Crippen LogP contribution in [0.3, 0.4) is 0 Å². The van der Waals surface area contributed by atoms with Crippen molar-refractivity contribution in [3.8, 4) is 22.9 Å². The molecule has 2 N–H and O–H groups in total. The molecule has 5 rings (SSSR count). The molecule has 39 heavy (non-hydrogen) atoms. The molecule has 1 atom stereocenters. The molecule has 3 aromatic heterocycles. The summed E-state index contributed by atoms with van der Waals surface area (Å²) < 4.78 is 25.0. The van der Waals surface area contributed by atoms with Crippen LogP contribution >= 0.6 is 11.3 Å². The van der Waals surface area contributed by atoms with Crippen LogP contribution in [0.5, 0.6) is 0 Å². The number of hydrogen-bond acceptors (Lipinski definition) is 9. The van der Waals surface area contributed by atoms with Crippen LogP contribution in [-0.2, 0) is 18.5 Å². The van der Waals surface area contributed by atoms with E-state index >= 15 is 0 Å². The van der Waals surface area contributed by atoms with E-state index < -0.39 is 12.2 Å². The Kier molecular flexibility index (Phi) is 7.62. The standard InChI is InChI=1S/C28H27FN6O3S/c1-18-17-39-23(32-18)16-35(10-8-29)26(36)22-13-20(24-31-9-11-37-24)12-21(14-22)25-33-34-27(38-25)28(2,30)15-19-6-4-3-5-7-19/h3-7,9,11-14,17H,8,10,15-16,30H2,1-2H3/t28-/m0/s1. The third-order valence-electron chi connectivity index (χ3n) is 6.07. The van der Waals surface area contributed by atoms with Crippen LogP contribution in [0.15, 0.2) is 75.2 Å². The average Bonchev–Trinajstić information content (AvgIpc) is 3.71. The summed E-state index contributed by atoms with van der Waals surface area (Å²) in [6.45, 7) is 3.12. The van der Waals surface area contributed by atoms with E-state index in [9.17, 15) is 9.18 Å². The number of hydrogen-bond donors (Lipinski definition) is 1. The molecule has 0 aliphatic heterocycles. The maximum atomic E-state index is 13.6. The van der Waals surface area contributed by atoms with Crippen molar-refractivity contribution >= 4 is 17.2 Å². The minimum atomic E-state index is -0.921. The first-order valence-corrected chi connectivity index (χ1v) is 13.2. The van der Waals surface area contributed by atoms with Crippen LogP contribution in [0.4, 0.5) is 4.39 Å². The Morgan fingerprint density at radius 3 is 2.56 bits per heavy atom. The molecule has 200 valence electrons. The molecule has 5 aromatic rings. The van der Waals surface area contributed by atoms with Crippen molar-refractivity contribution in [1.82, 2.24) is 25.1 Å². The van der Waals surface area contributed by atoms with Gasteiger partial charge in [0.25, 0.3) is 5.91 Å². The molecule has 2 aromatic carbocycles. The van der Waals surface area contributed by atoms with Crippen molar-refractivity contribution in [2.45, 2.75) is 32.4 Å². The molecule has 0 spiro atoms. The van der Waals surface area contributed by atoms with Gasteiger partial charge in [-0.1, -0.05) is 30.3 Å². The van der Waals surface area contributed by atoms with Crippen LogP contribution in [0.2, 0.25) is 0 Å². The van der Waals surface area contributed by atoms with Crippen molar-refractivity contribution < 1.29 is 18.0 Å². The summed E-state index contributed by atoms with van der Waals surface area (Å²) in [5.74, 6) is 0.382. The number of nitrogens with zero attached hydrogens (tertiary/aromatic N) is 5. The predicted octanol–water partition coefficient (Wildman–Crippen LogP) is 5.19. The smallest absolute Gasteiger partial charge is 0.254 e. The van der Waals surface area contributed by atoms with Gasteiger partial charge in [-0.15, -0.1) is 21.5 Å². The monoisotopic (exact) mass is 546 g/mol. The SMILES string of the molecule is Cc1csc(CN(CCF)C(=O)c2cc(-c3ncco3)cc(-c3nnc([C@@](C)(N)Cc4ccccc4)o3)c2)n1. The number of nitrogens with two attached hydrogens (primary N) is 1. The van der Waals surface area contributed by atoms with Crippen molar-refractivity contribution in [3.05, 3.63) is 94.1 Å². The fraction of sp³-hybridized carbons (Fsp3) is 0.250. The van der Waals surface area contributed by atoms with Crippen LogP contribution < -0.4 is 5.73 Å². The number of halogens is 1. The van der Waals surface area contributed by atoms with E-state index in [4.69, 9.17) is 14.6 Å². The second-order valence-electron chi connectivity index (χ2n) is 9.43. The molecule has 0 aliphatic rings. The number of amides is 1. The van der Waals surface area contributed by atoms with Crippen LogP contribution in [-0.4, -0.2) is 44.2 Å². The molecule has 0 saturated heterocycles. The highest BCUT2D eigenvalue weighted by atomic mass is 32.1. The summed E-state index contributed by atoms with van der Waals surface area (Å²) in [6.07, 6.45) is 3.44. The van der Waals surface area contributed by atoms with E-state index in [1.165, 1.54) is 28.7 Å². The Labute approximate surface area is 228 Å². The van der Waals surface area contributed by atoms with Gasteiger partial charge in [0.15, 0.2) is 0 Å². The van der Waals surface area contributed by atoms with Gasteiger partial charge >= 0.3 is 0 Å². The lowest BCUT2D eigenvalue weighted by Crippen LogP contribution is -2.35. The van der Waals surface area contributed by atoms with Gasteiger partial charge in [0.1, 0.15) is 17.9 Å². The van der Waals surface area contributed by atoms with Gasteiger partial charge in [-0.2, -0.15) is 0 Å². The molecule has 0 radical (unpaired) electrons. The zero-order valence-electron chi connectivity index (χ0n) is 21.5. The Bertz CT molecular complexity index is 1550. The molecule has 0 saturated carbocycles. The van der Waals surface area contributed by atoms with E-state index in [2.05, 4.69) is 20.2 Å². The normalized spacial score (nSPS) is 12.8. The maximum absolute atomic E-state index is 13.6. The van der Waals surface area contributed by atoms with E-state index in [1.807, 2.05) is 49.6 Å². The molecule has 3 heterocycles. The molecule has 0 bridgehead atoms. The van der Waals surface area contributed by atoms with Gasteiger partial charge < -0.3 is 19.5 Å². The number of carbonyl (C=O) groups is 1. The van der Waals surface area contributed by atoms with Gasteiger partial charge in [-0.3, -0.25) is 4.79 Å². The summed E-state index contributed by atoms with van der Waals surface area (Å²) >= 11 is 1.43. The minimum absolute atomic E-state index is 0.0776. The number of carbonyl (C=O) groups excluding carboxylic acids is 1. The lowest BCUT2D eigenvalue weighted by atomic mass is 9.94. The van der Waals surface area contributed by atoms with Gasteiger partial charge in [-0.25, -0.2) is 14.4 Å². The molecular formula is C28H27FN6O3S. The molecule has 9 nitrogen and oxygen atoms in total. The summed E-state index contributed by atoms with van der Waals surface area (Å²) in [6, 6.07) is 14.8. The number of thiazole rings is 1. The Morgan fingerprint density at radius 1 is 1.13 bits per heavy atom. The summed E-state index contributed by atoms with van der Waals surface area (Å²) in [5.41, 5.74) is 8.84. The zero-order valence-corrected chi connectivity index (χ0v) is 22.3. The molecular weight excluding hydrogens is 519 g/mol. The molecule has 1 amide bonds.